The largest absolute Gasteiger partial charge is 0.307 e. The molecule has 2 aromatic rings. The lowest BCUT2D eigenvalue weighted by Gasteiger charge is -2.15. The number of aromatic amines is 1. The van der Waals surface area contributed by atoms with Crippen LogP contribution in [0.15, 0.2) is 41.3 Å². The fourth-order valence-corrected chi connectivity index (χ4v) is 2.89. The highest BCUT2D eigenvalue weighted by atomic mass is 16.1. The number of hydrogen-bond donors (Lipinski definition) is 1. The van der Waals surface area contributed by atoms with E-state index < -0.39 is 0 Å². The van der Waals surface area contributed by atoms with Crippen molar-refractivity contribution in [1.29, 1.82) is 0 Å². The van der Waals surface area contributed by atoms with Gasteiger partial charge in [-0.05, 0) is 11.5 Å². The monoisotopic (exact) mass is 270 g/mol. The lowest BCUT2D eigenvalue weighted by molar-refractivity contribution is 0.318. The smallest absolute Gasteiger partial charge is 0.269 e. The fraction of sp³-hybridized carbons (Fsp3) is 0.400. The molecule has 1 aliphatic rings. The Morgan fingerprint density at radius 2 is 2.10 bits per heavy atom. The van der Waals surface area contributed by atoms with Gasteiger partial charge in [0.05, 0.1) is 0 Å². The third kappa shape index (κ3) is 2.77. The first-order chi connectivity index (χ1) is 9.72. The summed E-state index contributed by atoms with van der Waals surface area (Å²) in [5, 5.41) is 7.84. The molecule has 0 bridgehead atoms. The van der Waals surface area contributed by atoms with Crippen LogP contribution in [0.25, 0.3) is 0 Å². The maximum Gasteiger partial charge on any atom is 0.269 e. The molecule has 1 fully saturated rings. The zero-order chi connectivity index (χ0) is 13.9. The van der Waals surface area contributed by atoms with E-state index in [2.05, 4.69) is 51.3 Å². The van der Waals surface area contributed by atoms with Crippen LogP contribution >= 0.6 is 0 Å². The average Bonchev–Trinajstić information content (AvgIpc) is 2.81. The summed E-state index contributed by atoms with van der Waals surface area (Å²) in [6.07, 6.45) is 1.21. The molecule has 1 N–H and O–H groups in total. The van der Waals surface area contributed by atoms with Crippen molar-refractivity contribution in [3.8, 4) is 0 Å². The lowest BCUT2D eigenvalue weighted by atomic mass is 9.98. The van der Waals surface area contributed by atoms with Crippen LogP contribution < -0.4 is 5.56 Å². The van der Waals surface area contributed by atoms with Crippen molar-refractivity contribution in [3.05, 3.63) is 58.3 Å². The Bertz CT molecular complexity index is 625. The summed E-state index contributed by atoms with van der Waals surface area (Å²) in [6.45, 7) is 5.05. The van der Waals surface area contributed by atoms with E-state index in [4.69, 9.17) is 0 Å². The Hall–Kier alpha value is -2.01. The van der Waals surface area contributed by atoms with Gasteiger partial charge in [0.15, 0.2) is 0 Å². The summed E-state index contributed by atoms with van der Waals surface area (Å²) in [5.41, 5.74) is 1.14. The summed E-state index contributed by atoms with van der Waals surface area (Å²) >= 11 is 0. The van der Waals surface area contributed by atoms with Crippen molar-refractivity contribution >= 4 is 0 Å². The number of nitrogens with one attached hydrogen (secondary N) is 1. The van der Waals surface area contributed by atoms with Gasteiger partial charge in [-0.2, -0.15) is 5.10 Å². The molecule has 5 heteroatoms. The first-order valence-corrected chi connectivity index (χ1v) is 6.90. The Kier molecular flexibility index (Phi) is 3.60. The summed E-state index contributed by atoms with van der Waals surface area (Å²) in [7, 11) is 0. The van der Waals surface area contributed by atoms with Gasteiger partial charge >= 0.3 is 0 Å². The molecular weight excluding hydrogens is 252 g/mol. The van der Waals surface area contributed by atoms with Crippen LogP contribution in [0.4, 0.5) is 0 Å². The highest BCUT2D eigenvalue weighted by Gasteiger charge is 2.32. The number of rotatable bonds is 3. The van der Waals surface area contributed by atoms with Gasteiger partial charge in [-0.15, -0.1) is 5.10 Å². The lowest BCUT2D eigenvalue weighted by Crippen LogP contribution is -2.21. The predicted molar refractivity (Wildman–Crippen MR) is 76.3 cm³/mol. The van der Waals surface area contributed by atoms with Crippen LogP contribution in [0, 0.1) is 5.92 Å². The molecule has 0 spiro atoms. The SMILES string of the molecule is C[C@@H]1CN(Cc2ccccc2)C[C@H]1c1nncc(=O)[nH]1. The van der Waals surface area contributed by atoms with Crippen molar-refractivity contribution in [1.82, 2.24) is 20.1 Å². The Morgan fingerprint density at radius 1 is 1.30 bits per heavy atom. The number of nitrogens with zero attached hydrogens (tertiary/aromatic N) is 3. The van der Waals surface area contributed by atoms with E-state index in [0.717, 1.165) is 19.6 Å². The van der Waals surface area contributed by atoms with Gasteiger partial charge in [-0.3, -0.25) is 9.69 Å². The molecule has 1 aromatic heterocycles. The third-order valence-corrected chi connectivity index (χ3v) is 3.88. The van der Waals surface area contributed by atoms with Gasteiger partial charge in [0.25, 0.3) is 5.56 Å². The van der Waals surface area contributed by atoms with Crippen LogP contribution in [0.3, 0.4) is 0 Å². The summed E-state index contributed by atoms with van der Waals surface area (Å²) in [4.78, 5) is 16.6. The maximum atomic E-state index is 11.4. The molecule has 2 atom stereocenters. The quantitative estimate of drug-likeness (QED) is 0.915. The molecule has 1 aromatic carbocycles. The molecule has 0 radical (unpaired) electrons. The number of aromatic nitrogens is 3. The van der Waals surface area contributed by atoms with Crippen LogP contribution in [0.5, 0.6) is 0 Å². The number of H-pyrrole nitrogens is 1. The number of benzene rings is 1. The molecule has 0 amide bonds. The van der Waals surface area contributed by atoms with Gasteiger partial charge in [-0.1, -0.05) is 37.3 Å². The fourth-order valence-electron chi connectivity index (χ4n) is 2.89. The van der Waals surface area contributed by atoms with E-state index in [-0.39, 0.29) is 11.5 Å². The predicted octanol–water partition coefficient (Wildman–Crippen LogP) is 1.40. The van der Waals surface area contributed by atoms with Crippen LogP contribution in [-0.4, -0.2) is 33.2 Å². The molecule has 0 unspecified atom stereocenters. The molecule has 0 aliphatic carbocycles. The van der Waals surface area contributed by atoms with E-state index in [1.807, 2.05) is 6.07 Å². The van der Waals surface area contributed by atoms with Crippen LogP contribution in [-0.2, 0) is 6.54 Å². The number of likely N-dealkylation sites (tertiary alicyclic amines) is 1. The van der Waals surface area contributed by atoms with E-state index >= 15 is 0 Å². The van der Waals surface area contributed by atoms with Crippen molar-refractivity contribution in [3.63, 3.8) is 0 Å². The Balaban J connectivity index is 1.72. The van der Waals surface area contributed by atoms with Gasteiger partial charge in [-0.25, -0.2) is 0 Å². The second kappa shape index (κ2) is 5.54. The van der Waals surface area contributed by atoms with E-state index in [1.165, 1.54) is 11.8 Å². The highest BCUT2D eigenvalue weighted by molar-refractivity contribution is 5.15. The molecular formula is C15H18N4O. The van der Waals surface area contributed by atoms with Crippen molar-refractivity contribution in [2.24, 2.45) is 5.92 Å². The minimum absolute atomic E-state index is 0.177. The molecule has 20 heavy (non-hydrogen) atoms. The van der Waals surface area contributed by atoms with Crippen molar-refractivity contribution < 1.29 is 0 Å². The zero-order valence-corrected chi connectivity index (χ0v) is 11.5. The van der Waals surface area contributed by atoms with Gasteiger partial charge < -0.3 is 4.98 Å². The summed E-state index contributed by atoms with van der Waals surface area (Å²) < 4.78 is 0. The highest BCUT2D eigenvalue weighted by Crippen LogP contribution is 2.30. The van der Waals surface area contributed by atoms with Crippen LogP contribution in [0.1, 0.15) is 24.2 Å². The van der Waals surface area contributed by atoms with E-state index in [9.17, 15) is 4.79 Å². The molecule has 0 saturated carbocycles. The second-order valence-electron chi connectivity index (χ2n) is 5.48. The van der Waals surface area contributed by atoms with Crippen LogP contribution in [0.2, 0.25) is 0 Å². The zero-order valence-electron chi connectivity index (χ0n) is 11.5. The first-order valence-electron chi connectivity index (χ1n) is 6.90. The molecule has 1 aliphatic heterocycles. The summed E-state index contributed by atoms with van der Waals surface area (Å²) in [6, 6.07) is 10.4. The molecule has 5 nitrogen and oxygen atoms in total. The average molecular weight is 270 g/mol. The molecule has 3 rings (SSSR count). The van der Waals surface area contributed by atoms with E-state index in [0.29, 0.717) is 11.7 Å². The third-order valence-electron chi connectivity index (χ3n) is 3.88. The number of hydrogen-bond acceptors (Lipinski definition) is 4. The maximum absolute atomic E-state index is 11.4. The molecule has 2 heterocycles. The standard InChI is InChI=1S/C15H18N4O/c1-11-8-19(9-12-5-3-2-4-6-12)10-13(11)15-17-14(20)7-16-18-15/h2-7,11,13H,8-10H2,1H3,(H,17,18,20)/t11-,13-/m1/s1. The minimum atomic E-state index is -0.177. The van der Waals surface area contributed by atoms with Crippen molar-refractivity contribution in [2.45, 2.75) is 19.4 Å². The van der Waals surface area contributed by atoms with Gasteiger partial charge in [0.1, 0.15) is 12.0 Å². The normalized spacial score (nSPS) is 23.1. The van der Waals surface area contributed by atoms with Gasteiger partial charge in [0, 0.05) is 25.6 Å². The topological polar surface area (TPSA) is 61.9 Å². The Labute approximate surface area is 117 Å². The molecule has 1 saturated heterocycles. The Morgan fingerprint density at radius 3 is 2.85 bits per heavy atom. The molecule has 104 valence electrons. The van der Waals surface area contributed by atoms with E-state index in [1.54, 1.807) is 0 Å². The van der Waals surface area contributed by atoms with Crippen molar-refractivity contribution in [2.75, 3.05) is 13.1 Å². The minimum Gasteiger partial charge on any atom is -0.307 e. The van der Waals surface area contributed by atoms with Gasteiger partial charge in [0.2, 0.25) is 0 Å². The summed E-state index contributed by atoms with van der Waals surface area (Å²) in [5.74, 6) is 1.42. The first kappa shape index (κ1) is 13.0. The second-order valence-corrected chi connectivity index (χ2v) is 5.48.